The van der Waals surface area contributed by atoms with Crippen LogP contribution in [0.3, 0.4) is 0 Å². The molecule has 4 N–H and O–H groups in total. The molecule has 0 atom stereocenters. The van der Waals surface area contributed by atoms with E-state index >= 15 is 0 Å². The van der Waals surface area contributed by atoms with Gasteiger partial charge in [0.1, 0.15) is 31.9 Å². The number of hydrogen-bond donors (Lipinski definition) is 4. The van der Waals surface area contributed by atoms with Crippen molar-refractivity contribution >= 4 is 58.3 Å². The van der Waals surface area contributed by atoms with Gasteiger partial charge in [-0.05, 0) is 29.8 Å². The summed E-state index contributed by atoms with van der Waals surface area (Å²) in [5.74, 6) is -4.42. The number of pyridine rings is 1. The summed E-state index contributed by atoms with van der Waals surface area (Å²) in [5.41, 5.74) is 1.99. The Bertz CT molecular complexity index is 1370. The first-order chi connectivity index (χ1) is 18.1. The predicted molar refractivity (Wildman–Crippen MR) is 139 cm³/mol. The van der Waals surface area contributed by atoms with Crippen LogP contribution in [0.4, 0.5) is 11.4 Å². The van der Waals surface area contributed by atoms with Gasteiger partial charge in [-0.25, -0.2) is 4.98 Å². The Morgan fingerprint density at radius 2 is 1.32 bits per heavy atom. The second-order valence-electron chi connectivity index (χ2n) is 8.13. The van der Waals surface area contributed by atoms with E-state index in [1.807, 2.05) is 0 Å². The minimum Gasteiger partial charge on any atom is -0.497 e. The molecule has 0 bridgehead atoms. The number of carboxylic acid groups (broad SMARTS) is 4. The number of aliphatic carboxylic acids is 4. The number of para-hydroxylation sites is 1. The van der Waals surface area contributed by atoms with Gasteiger partial charge in [-0.1, -0.05) is 30.3 Å². The number of aromatic nitrogens is 1. The third-order valence-electron chi connectivity index (χ3n) is 5.36. The third kappa shape index (κ3) is 7.20. The van der Waals surface area contributed by atoms with Crippen molar-refractivity contribution in [2.75, 3.05) is 43.1 Å². The first kappa shape index (κ1) is 27.5. The maximum atomic E-state index is 11.4. The molecule has 3 aromatic rings. The highest BCUT2D eigenvalue weighted by molar-refractivity contribution is 5.96. The zero-order valence-electron chi connectivity index (χ0n) is 20.3. The van der Waals surface area contributed by atoms with Crippen molar-refractivity contribution in [3.05, 3.63) is 59.8 Å². The van der Waals surface area contributed by atoms with Gasteiger partial charge in [-0.15, -0.1) is 0 Å². The summed E-state index contributed by atoms with van der Waals surface area (Å²) in [6, 6.07) is 13.3. The van der Waals surface area contributed by atoms with E-state index in [-0.39, 0.29) is 5.69 Å². The van der Waals surface area contributed by atoms with Crippen LogP contribution in [0.2, 0.25) is 0 Å². The van der Waals surface area contributed by atoms with Gasteiger partial charge >= 0.3 is 23.9 Å². The summed E-state index contributed by atoms with van der Waals surface area (Å²) >= 11 is 0. The van der Waals surface area contributed by atoms with Crippen molar-refractivity contribution in [3.63, 3.8) is 0 Å². The molecule has 198 valence electrons. The Labute approximate surface area is 216 Å². The van der Waals surface area contributed by atoms with Crippen LogP contribution in [0, 0.1) is 0 Å². The fourth-order valence-electron chi connectivity index (χ4n) is 3.85. The summed E-state index contributed by atoms with van der Waals surface area (Å²) < 4.78 is 5.30. The van der Waals surface area contributed by atoms with Crippen LogP contribution in [0.1, 0.15) is 11.3 Å². The van der Waals surface area contributed by atoms with E-state index in [4.69, 9.17) is 4.74 Å². The van der Waals surface area contributed by atoms with Gasteiger partial charge in [-0.3, -0.25) is 19.2 Å². The minimum absolute atomic E-state index is 0.258. The molecule has 38 heavy (non-hydrogen) atoms. The number of nitrogens with zero attached hydrogens (tertiary/aromatic N) is 3. The molecular weight excluding hydrogens is 498 g/mol. The molecule has 0 aliphatic carbocycles. The van der Waals surface area contributed by atoms with Crippen molar-refractivity contribution < 1.29 is 44.3 Å². The second kappa shape index (κ2) is 12.2. The number of anilines is 2. The van der Waals surface area contributed by atoms with Gasteiger partial charge in [0.2, 0.25) is 0 Å². The number of hydrogen-bond acceptors (Lipinski definition) is 8. The third-order valence-corrected chi connectivity index (χ3v) is 5.36. The molecule has 0 aliphatic rings. The molecule has 0 amide bonds. The molecule has 12 heteroatoms. The fourth-order valence-corrected chi connectivity index (χ4v) is 3.85. The largest absolute Gasteiger partial charge is 0.497 e. The van der Waals surface area contributed by atoms with Crippen LogP contribution in [0.15, 0.2) is 48.5 Å². The fraction of sp³-hybridized carbons (Fsp3) is 0.192. The normalized spacial score (nSPS) is 10.9. The highest BCUT2D eigenvalue weighted by Crippen LogP contribution is 2.32. The number of rotatable bonds is 13. The first-order valence-corrected chi connectivity index (χ1v) is 11.2. The van der Waals surface area contributed by atoms with Crippen LogP contribution in [-0.2, 0) is 19.2 Å². The number of ether oxygens (including phenoxy) is 1. The van der Waals surface area contributed by atoms with Crippen molar-refractivity contribution in [1.29, 1.82) is 0 Å². The quantitative estimate of drug-likeness (QED) is 0.257. The molecule has 0 saturated heterocycles. The number of carbonyl (C=O) groups is 4. The van der Waals surface area contributed by atoms with Crippen molar-refractivity contribution in [1.82, 2.24) is 4.98 Å². The monoisotopic (exact) mass is 523 g/mol. The molecule has 0 radical (unpaired) electrons. The van der Waals surface area contributed by atoms with E-state index < -0.39 is 50.1 Å². The van der Waals surface area contributed by atoms with E-state index in [1.165, 1.54) is 23.0 Å². The Kier molecular flexibility index (Phi) is 8.82. The van der Waals surface area contributed by atoms with Gasteiger partial charge in [0.15, 0.2) is 0 Å². The average Bonchev–Trinajstić information content (AvgIpc) is 2.85. The van der Waals surface area contributed by atoms with Gasteiger partial charge in [0.05, 0.1) is 24.0 Å². The molecule has 0 fully saturated rings. The smallest absolute Gasteiger partial charge is 0.323 e. The minimum atomic E-state index is -1.22. The molecule has 12 nitrogen and oxygen atoms in total. The zero-order chi connectivity index (χ0) is 27.8. The SMILES string of the molecule is COc1cc(N(CC(=O)O)CC(=O)O)c2nc(C=Cc3ccccc3N(CC(=O)O)CC(=O)O)ccc2c1. The lowest BCUT2D eigenvalue weighted by atomic mass is 10.1. The van der Waals surface area contributed by atoms with E-state index in [9.17, 15) is 39.6 Å². The van der Waals surface area contributed by atoms with Gasteiger partial charge in [0, 0.05) is 17.1 Å². The number of fused-ring (bicyclic) bond motifs is 1. The summed E-state index contributed by atoms with van der Waals surface area (Å²) in [5, 5.41) is 37.7. The maximum absolute atomic E-state index is 11.4. The summed E-state index contributed by atoms with van der Waals surface area (Å²) in [6.45, 7) is -2.18. The lowest BCUT2D eigenvalue weighted by Gasteiger charge is -2.23. The van der Waals surface area contributed by atoms with E-state index in [0.717, 1.165) is 0 Å². The van der Waals surface area contributed by atoms with Crippen LogP contribution in [0.5, 0.6) is 5.75 Å². The molecule has 0 unspecified atom stereocenters. The second-order valence-corrected chi connectivity index (χ2v) is 8.13. The molecule has 2 aromatic carbocycles. The van der Waals surface area contributed by atoms with Crippen LogP contribution >= 0.6 is 0 Å². The lowest BCUT2D eigenvalue weighted by Crippen LogP contribution is -2.34. The average molecular weight is 523 g/mol. The molecule has 0 spiro atoms. The summed E-state index contributed by atoms with van der Waals surface area (Å²) in [6.07, 6.45) is 3.28. The van der Waals surface area contributed by atoms with E-state index in [0.29, 0.717) is 33.6 Å². The highest BCUT2D eigenvalue weighted by atomic mass is 16.5. The van der Waals surface area contributed by atoms with E-state index in [1.54, 1.807) is 54.6 Å². The first-order valence-electron chi connectivity index (χ1n) is 11.2. The number of carboxylic acids is 4. The Hall–Kier alpha value is -5.13. The Morgan fingerprint density at radius 3 is 1.87 bits per heavy atom. The Morgan fingerprint density at radius 1 is 0.763 bits per heavy atom. The van der Waals surface area contributed by atoms with Gasteiger partial charge in [0.25, 0.3) is 0 Å². The van der Waals surface area contributed by atoms with Crippen molar-refractivity contribution in [2.45, 2.75) is 0 Å². The van der Waals surface area contributed by atoms with Crippen LogP contribution in [0.25, 0.3) is 23.1 Å². The zero-order valence-corrected chi connectivity index (χ0v) is 20.3. The molecule has 1 heterocycles. The van der Waals surface area contributed by atoms with Crippen molar-refractivity contribution in [3.8, 4) is 5.75 Å². The van der Waals surface area contributed by atoms with Crippen LogP contribution in [-0.4, -0.2) is 82.6 Å². The molecule has 1 aromatic heterocycles. The summed E-state index contributed by atoms with van der Waals surface area (Å²) in [7, 11) is 1.43. The number of methoxy groups -OCH3 is 1. The molecule has 3 rings (SSSR count). The topological polar surface area (TPSA) is 178 Å². The van der Waals surface area contributed by atoms with Crippen LogP contribution < -0.4 is 14.5 Å². The summed E-state index contributed by atoms with van der Waals surface area (Å²) in [4.78, 5) is 52.4. The predicted octanol–water partition coefficient (Wildman–Crippen LogP) is 2.37. The van der Waals surface area contributed by atoms with E-state index in [2.05, 4.69) is 4.98 Å². The number of benzene rings is 2. The highest BCUT2D eigenvalue weighted by Gasteiger charge is 2.20. The van der Waals surface area contributed by atoms with Gasteiger partial charge < -0.3 is 35.0 Å². The molecule has 0 saturated carbocycles. The molecular formula is C26H25N3O9. The van der Waals surface area contributed by atoms with Crippen molar-refractivity contribution in [2.24, 2.45) is 0 Å². The lowest BCUT2D eigenvalue weighted by molar-refractivity contribution is -0.138. The standard InChI is InChI=1S/C26H25N3O9/c1-38-19-10-17-7-9-18(27-26(17)21(11-19)29(14-24(34)35)15-25(36)37)8-6-16-4-2-3-5-20(16)28(12-22(30)31)13-23(32)33/h2-11H,12-15H2,1H3,(H,30,31)(H,32,33)(H,34,35)(H,36,37). The molecule has 0 aliphatic heterocycles. The Balaban J connectivity index is 2.07. The maximum Gasteiger partial charge on any atom is 0.323 e. The van der Waals surface area contributed by atoms with Gasteiger partial charge in [-0.2, -0.15) is 0 Å².